The number of pyridine rings is 1. The molecule has 2 fully saturated rings. The van der Waals surface area contributed by atoms with Crippen LogP contribution in [0.25, 0.3) is 27.8 Å². The molecule has 1 saturated heterocycles. The van der Waals surface area contributed by atoms with Crippen molar-refractivity contribution in [1.82, 2.24) is 44.9 Å². The maximum atomic E-state index is 13.2. The van der Waals surface area contributed by atoms with Gasteiger partial charge >= 0.3 is 0 Å². The van der Waals surface area contributed by atoms with Crippen LogP contribution in [0.1, 0.15) is 32.6 Å². The molecule has 1 N–H and O–H groups in total. The van der Waals surface area contributed by atoms with Crippen LogP contribution in [-0.4, -0.2) is 96.6 Å². The molecule has 1 aliphatic heterocycles. The number of rotatable bonds is 9. The number of nitrogens with zero attached hydrogens (tertiary/aromatic N) is 9. The Kier molecular flexibility index (Phi) is 6.86. The van der Waals surface area contributed by atoms with Crippen molar-refractivity contribution in [3.05, 3.63) is 42.7 Å². The summed E-state index contributed by atoms with van der Waals surface area (Å²) in [5.41, 5.74) is 3.06. The Bertz CT molecular complexity index is 1440. The quantitative estimate of drug-likeness (QED) is 0.361. The second kappa shape index (κ2) is 10.6. The van der Waals surface area contributed by atoms with E-state index in [1.807, 2.05) is 35.3 Å². The fraction of sp³-hybridized carbons (Fsp3) is 0.481. The Labute approximate surface area is 221 Å². The molecule has 198 valence electrons. The summed E-state index contributed by atoms with van der Waals surface area (Å²) in [5.74, 6) is 0.820. The molecule has 1 amide bonds. The molecular formula is C27H34N10O. The van der Waals surface area contributed by atoms with E-state index in [2.05, 4.69) is 49.5 Å². The molecule has 38 heavy (non-hydrogen) atoms. The fourth-order valence-corrected chi connectivity index (χ4v) is 5.50. The van der Waals surface area contributed by atoms with Gasteiger partial charge in [0.1, 0.15) is 0 Å². The van der Waals surface area contributed by atoms with Crippen molar-refractivity contribution in [3.63, 3.8) is 0 Å². The number of fused-ring (bicyclic) bond motifs is 2. The number of likely N-dealkylation sites (N-methyl/N-ethyl adjacent to an activating group) is 1. The Morgan fingerprint density at radius 1 is 1.13 bits per heavy atom. The van der Waals surface area contributed by atoms with E-state index < -0.39 is 0 Å². The highest BCUT2D eigenvalue weighted by molar-refractivity contribution is 5.82. The molecule has 0 unspecified atom stereocenters. The predicted octanol–water partition coefficient (Wildman–Crippen LogP) is 2.74. The van der Waals surface area contributed by atoms with Gasteiger partial charge in [0, 0.05) is 43.2 Å². The number of hydrogen-bond donors (Lipinski definition) is 1. The first-order valence-corrected chi connectivity index (χ1v) is 13.5. The van der Waals surface area contributed by atoms with Crippen molar-refractivity contribution in [1.29, 1.82) is 0 Å². The van der Waals surface area contributed by atoms with Crippen molar-refractivity contribution < 1.29 is 4.79 Å². The van der Waals surface area contributed by atoms with Crippen molar-refractivity contribution in [2.75, 3.05) is 45.1 Å². The van der Waals surface area contributed by atoms with Gasteiger partial charge in [-0.15, -0.1) is 5.10 Å². The maximum Gasteiger partial charge on any atom is 0.240 e. The molecule has 6 rings (SSSR count). The number of hydrazine groups is 1. The number of anilines is 1. The van der Waals surface area contributed by atoms with E-state index in [-0.39, 0.29) is 17.9 Å². The molecule has 0 bridgehead atoms. The van der Waals surface area contributed by atoms with Crippen LogP contribution in [0, 0.1) is 5.92 Å². The second-order valence-electron chi connectivity index (χ2n) is 10.4. The predicted molar refractivity (Wildman–Crippen MR) is 146 cm³/mol. The summed E-state index contributed by atoms with van der Waals surface area (Å²) in [4.78, 5) is 29.2. The monoisotopic (exact) mass is 514 g/mol. The summed E-state index contributed by atoms with van der Waals surface area (Å²) in [6.07, 6.45) is 7.21. The molecule has 11 heteroatoms. The normalized spacial score (nSPS) is 19.9. The third-order valence-corrected chi connectivity index (χ3v) is 7.65. The van der Waals surface area contributed by atoms with E-state index in [0.717, 1.165) is 75.0 Å². The van der Waals surface area contributed by atoms with E-state index >= 15 is 0 Å². The summed E-state index contributed by atoms with van der Waals surface area (Å²) < 4.78 is 1.73. The largest absolute Gasteiger partial charge is 0.351 e. The van der Waals surface area contributed by atoms with Gasteiger partial charge in [0.15, 0.2) is 11.2 Å². The van der Waals surface area contributed by atoms with E-state index in [1.54, 1.807) is 17.1 Å². The van der Waals surface area contributed by atoms with Crippen LogP contribution >= 0.6 is 0 Å². The van der Waals surface area contributed by atoms with Crippen molar-refractivity contribution >= 4 is 33.9 Å². The number of benzene rings is 1. The SMILES string of the molecule is CCCN(C)CCN1CCN1C(=O)[C@H]1CC[C@@H](Nc2ncc3nnn(-c4ccc5ncccc5c4)c3n2)C1. The van der Waals surface area contributed by atoms with Gasteiger partial charge < -0.3 is 10.2 Å². The first-order valence-electron chi connectivity index (χ1n) is 13.5. The van der Waals surface area contributed by atoms with Crippen molar-refractivity contribution in [3.8, 4) is 5.69 Å². The molecule has 1 saturated carbocycles. The second-order valence-corrected chi connectivity index (χ2v) is 10.4. The van der Waals surface area contributed by atoms with Crippen LogP contribution in [0.2, 0.25) is 0 Å². The van der Waals surface area contributed by atoms with Gasteiger partial charge in [-0.3, -0.25) is 14.8 Å². The van der Waals surface area contributed by atoms with Gasteiger partial charge in [-0.25, -0.2) is 9.99 Å². The summed E-state index contributed by atoms with van der Waals surface area (Å²) in [6, 6.07) is 10.1. The zero-order valence-electron chi connectivity index (χ0n) is 22.0. The van der Waals surface area contributed by atoms with Crippen molar-refractivity contribution in [2.24, 2.45) is 5.92 Å². The van der Waals surface area contributed by atoms with Crippen molar-refractivity contribution in [2.45, 2.75) is 38.6 Å². The zero-order chi connectivity index (χ0) is 26.1. The first kappa shape index (κ1) is 24.6. The van der Waals surface area contributed by atoms with E-state index in [4.69, 9.17) is 4.98 Å². The lowest BCUT2D eigenvalue weighted by atomic mass is 10.1. The van der Waals surface area contributed by atoms with Crippen LogP contribution in [0.3, 0.4) is 0 Å². The maximum absolute atomic E-state index is 13.2. The highest BCUT2D eigenvalue weighted by Gasteiger charge is 2.38. The summed E-state index contributed by atoms with van der Waals surface area (Å²) in [7, 11) is 2.14. The first-order chi connectivity index (χ1) is 18.6. The van der Waals surface area contributed by atoms with Gasteiger partial charge in [-0.05, 0) is 63.5 Å². The highest BCUT2D eigenvalue weighted by Crippen LogP contribution is 2.31. The molecule has 0 spiro atoms. The topological polar surface area (TPSA) is 108 Å². The average molecular weight is 515 g/mol. The molecular weight excluding hydrogens is 480 g/mol. The molecule has 3 aromatic heterocycles. The standard InChI is InChI=1S/C27H34N10O/c1-3-11-34(2)12-13-35-14-15-36(35)26(38)20-6-7-21(16-20)30-27-29-18-24-25(31-27)37(33-32-24)22-8-9-23-19(17-22)5-4-10-28-23/h4-5,8-10,17-18,20-21H,3,6-7,11-16H2,1-2H3,(H,29,30,31)/t20-,21+/m0/s1. The Balaban J connectivity index is 1.10. The number of amides is 1. The minimum Gasteiger partial charge on any atom is -0.351 e. The molecule has 2 aliphatic rings. The van der Waals surface area contributed by atoms with Crippen LogP contribution in [0.4, 0.5) is 5.95 Å². The zero-order valence-corrected chi connectivity index (χ0v) is 22.0. The van der Waals surface area contributed by atoms with Gasteiger partial charge in [-0.2, -0.15) is 9.67 Å². The summed E-state index contributed by atoms with van der Waals surface area (Å²) in [5, 5.41) is 17.2. The van der Waals surface area contributed by atoms with Gasteiger partial charge in [0.05, 0.1) is 23.9 Å². The molecule has 1 aliphatic carbocycles. The minimum atomic E-state index is 0.0332. The lowest BCUT2D eigenvalue weighted by molar-refractivity contribution is -0.173. The minimum absolute atomic E-state index is 0.0332. The van der Waals surface area contributed by atoms with Crippen LogP contribution in [0.5, 0.6) is 0 Å². The van der Waals surface area contributed by atoms with E-state index in [0.29, 0.717) is 17.1 Å². The Hall–Kier alpha value is -3.70. The number of nitrogens with one attached hydrogen (secondary N) is 1. The van der Waals surface area contributed by atoms with Gasteiger partial charge in [0.2, 0.25) is 11.9 Å². The number of hydrogen-bond acceptors (Lipinski definition) is 9. The van der Waals surface area contributed by atoms with Crippen LogP contribution < -0.4 is 5.32 Å². The number of aromatic nitrogens is 6. The molecule has 11 nitrogen and oxygen atoms in total. The lowest BCUT2D eigenvalue weighted by Gasteiger charge is -2.45. The third-order valence-electron chi connectivity index (χ3n) is 7.65. The Morgan fingerprint density at radius 3 is 2.89 bits per heavy atom. The summed E-state index contributed by atoms with van der Waals surface area (Å²) >= 11 is 0. The summed E-state index contributed by atoms with van der Waals surface area (Å²) in [6.45, 7) is 6.95. The fourth-order valence-electron chi connectivity index (χ4n) is 5.50. The highest BCUT2D eigenvalue weighted by atomic mass is 16.2. The smallest absolute Gasteiger partial charge is 0.240 e. The number of carbonyl (C=O) groups is 1. The molecule has 4 heterocycles. The molecule has 4 aromatic rings. The molecule has 1 aromatic carbocycles. The lowest BCUT2D eigenvalue weighted by Crippen LogP contribution is -2.62. The van der Waals surface area contributed by atoms with E-state index in [9.17, 15) is 4.79 Å². The molecule has 2 atom stereocenters. The van der Waals surface area contributed by atoms with Crippen LogP contribution in [-0.2, 0) is 4.79 Å². The van der Waals surface area contributed by atoms with Gasteiger partial charge in [-0.1, -0.05) is 18.2 Å². The average Bonchev–Trinajstić information content (AvgIpc) is 3.55. The third kappa shape index (κ3) is 4.91. The van der Waals surface area contributed by atoms with E-state index in [1.165, 1.54) is 0 Å². The van der Waals surface area contributed by atoms with Crippen LogP contribution in [0.15, 0.2) is 42.7 Å². The molecule has 0 radical (unpaired) electrons. The van der Waals surface area contributed by atoms with Gasteiger partial charge in [0.25, 0.3) is 0 Å². The number of carbonyl (C=O) groups excluding carboxylic acids is 1. The Morgan fingerprint density at radius 2 is 2.05 bits per heavy atom.